The van der Waals surface area contributed by atoms with Gasteiger partial charge in [0.15, 0.2) is 0 Å². The van der Waals surface area contributed by atoms with E-state index < -0.39 is 29.6 Å². The molecule has 0 saturated carbocycles. The monoisotopic (exact) mass is 322 g/mol. The molecule has 2 aromatic carbocycles. The molecule has 0 spiro atoms. The van der Waals surface area contributed by atoms with Crippen molar-refractivity contribution in [2.45, 2.75) is 12.5 Å². The molecule has 22 heavy (non-hydrogen) atoms. The lowest BCUT2D eigenvalue weighted by molar-refractivity contribution is -0.274. The molecule has 8 heteroatoms. The van der Waals surface area contributed by atoms with Gasteiger partial charge in [-0.15, -0.1) is 13.2 Å². The lowest BCUT2D eigenvalue weighted by atomic mass is 10.2. The smallest absolute Gasteiger partial charge is 0.457 e. The zero-order chi connectivity index (χ0) is 16.4. The summed E-state index contributed by atoms with van der Waals surface area (Å²) in [6, 6.07) is 8.56. The summed E-state index contributed by atoms with van der Waals surface area (Å²) in [5.74, 6) is -0.991. The van der Waals surface area contributed by atoms with Gasteiger partial charge < -0.3 is 9.47 Å². The van der Waals surface area contributed by atoms with Gasteiger partial charge in [-0.05, 0) is 36.4 Å². The van der Waals surface area contributed by atoms with E-state index in [2.05, 4.69) is 4.74 Å². The second kappa shape index (κ2) is 5.78. The van der Waals surface area contributed by atoms with Crippen molar-refractivity contribution in [2.75, 3.05) is 0 Å². The number of alkyl halides is 6. The Morgan fingerprint density at radius 2 is 1.23 bits per heavy atom. The topological polar surface area (TPSA) is 18.5 Å². The number of hydrogen-bond donors (Lipinski definition) is 0. The molecule has 0 aromatic heterocycles. The summed E-state index contributed by atoms with van der Waals surface area (Å²) in [4.78, 5) is 0. The van der Waals surface area contributed by atoms with E-state index in [1.54, 1.807) is 0 Å². The molecule has 0 amide bonds. The molecular weight excluding hydrogens is 314 g/mol. The Kier molecular flexibility index (Phi) is 4.20. The first-order valence-electron chi connectivity index (χ1n) is 5.85. The molecule has 0 unspecified atom stereocenters. The Labute approximate surface area is 120 Å². The summed E-state index contributed by atoms with van der Waals surface area (Å²) in [5.41, 5.74) is -0.981. The van der Waals surface area contributed by atoms with E-state index in [-0.39, 0.29) is 5.75 Å². The van der Waals surface area contributed by atoms with E-state index >= 15 is 0 Å². The van der Waals surface area contributed by atoms with Crippen LogP contribution in [0.25, 0.3) is 0 Å². The van der Waals surface area contributed by atoms with Crippen molar-refractivity contribution in [3.63, 3.8) is 0 Å². The fraction of sp³-hybridized carbons (Fsp3) is 0.143. The van der Waals surface area contributed by atoms with Gasteiger partial charge in [0.1, 0.15) is 17.2 Å². The molecule has 0 N–H and O–H groups in total. The van der Waals surface area contributed by atoms with E-state index in [1.165, 1.54) is 12.1 Å². The average Bonchev–Trinajstić information content (AvgIpc) is 2.39. The van der Waals surface area contributed by atoms with Gasteiger partial charge in [-0.25, -0.2) is 0 Å². The van der Waals surface area contributed by atoms with Crippen molar-refractivity contribution < 1.29 is 35.8 Å². The third-order valence-corrected chi connectivity index (χ3v) is 2.48. The standard InChI is InChI=1S/C14H8F6O2/c15-13(16,17)11-3-1-2-4-12(11)21-9-5-7-10(8-6-9)22-14(18,19)20/h1-8H. The second-order valence-corrected chi connectivity index (χ2v) is 4.12. The molecule has 0 heterocycles. The summed E-state index contributed by atoms with van der Waals surface area (Å²) >= 11 is 0. The highest BCUT2D eigenvalue weighted by atomic mass is 19.4. The van der Waals surface area contributed by atoms with Gasteiger partial charge in [0.25, 0.3) is 0 Å². The molecule has 2 nitrogen and oxygen atoms in total. The largest absolute Gasteiger partial charge is 0.573 e. The number of benzene rings is 2. The Hall–Kier alpha value is -2.38. The highest BCUT2D eigenvalue weighted by Crippen LogP contribution is 2.38. The van der Waals surface area contributed by atoms with Crippen molar-refractivity contribution in [3.05, 3.63) is 54.1 Å². The maximum atomic E-state index is 12.8. The van der Waals surface area contributed by atoms with Crippen LogP contribution in [0.5, 0.6) is 17.2 Å². The summed E-state index contributed by atoms with van der Waals surface area (Å²) in [6.45, 7) is 0. The maximum absolute atomic E-state index is 12.8. The van der Waals surface area contributed by atoms with Gasteiger partial charge in [0.05, 0.1) is 5.56 Å². The fourth-order valence-corrected chi connectivity index (χ4v) is 1.63. The number of rotatable bonds is 3. The minimum atomic E-state index is -4.84. The number of halogens is 6. The number of para-hydroxylation sites is 1. The van der Waals surface area contributed by atoms with Crippen LogP contribution in [0.1, 0.15) is 5.56 Å². The molecule has 0 atom stereocenters. The predicted molar refractivity (Wildman–Crippen MR) is 64.6 cm³/mol. The minimum absolute atomic E-state index is 0.0498. The lowest BCUT2D eigenvalue weighted by Crippen LogP contribution is -2.16. The maximum Gasteiger partial charge on any atom is 0.573 e. The molecule has 0 aliphatic carbocycles. The van der Waals surface area contributed by atoms with Crippen LogP contribution in [-0.4, -0.2) is 6.36 Å². The predicted octanol–water partition coefficient (Wildman–Crippen LogP) is 5.40. The first-order valence-corrected chi connectivity index (χ1v) is 5.85. The SMILES string of the molecule is FC(F)(F)Oc1ccc(Oc2ccccc2C(F)(F)F)cc1. The van der Waals surface area contributed by atoms with Crippen LogP contribution in [0.4, 0.5) is 26.3 Å². The minimum Gasteiger partial charge on any atom is -0.457 e. The highest BCUT2D eigenvalue weighted by Gasteiger charge is 2.34. The first-order chi connectivity index (χ1) is 10.1. The molecule has 0 fully saturated rings. The van der Waals surface area contributed by atoms with Crippen LogP contribution in [0.15, 0.2) is 48.5 Å². The summed E-state index contributed by atoms with van der Waals surface area (Å²) in [5, 5.41) is 0. The van der Waals surface area contributed by atoms with Crippen LogP contribution in [0, 0.1) is 0 Å². The molecular formula is C14H8F6O2. The summed E-state index contributed by atoms with van der Waals surface area (Å²) in [7, 11) is 0. The highest BCUT2D eigenvalue weighted by molar-refractivity contribution is 5.40. The van der Waals surface area contributed by atoms with E-state index in [9.17, 15) is 26.3 Å². The molecule has 0 bridgehead atoms. The van der Waals surface area contributed by atoms with Crippen LogP contribution < -0.4 is 9.47 Å². The van der Waals surface area contributed by atoms with Crippen molar-refractivity contribution >= 4 is 0 Å². The quantitative estimate of drug-likeness (QED) is 0.705. The van der Waals surface area contributed by atoms with Crippen molar-refractivity contribution in [1.29, 1.82) is 0 Å². The number of hydrogen-bond acceptors (Lipinski definition) is 2. The van der Waals surface area contributed by atoms with E-state index in [0.29, 0.717) is 0 Å². The molecule has 0 saturated heterocycles. The van der Waals surface area contributed by atoms with Crippen LogP contribution in [0.3, 0.4) is 0 Å². The second-order valence-electron chi connectivity index (χ2n) is 4.12. The third kappa shape index (κ3) is 4.31. The number of ether oxygens (including phenoxy) is 2. The van der Waals surface area contributed by atoms with Crippen LogP contribution >= 0.6 is 0 Å². The van der Waals surface area contributed by atoms with Gasteiger partial charge in [0, 0.05) is 0 Å². The van der Waals surface area contributed by atoms with Gasteiger partial charge >= 0.3 is 12.5 Å². The Morgan fingerprint density at radius 1 is 0.682 bits per heavy atom. The zero-order valence-electron chi connectivity index (χ0n) is 10.7. The Balaban J connectivity index is 2.19. The van der Waals surface area contributed by atoms with Gasteiger partial charge in [-0.3, -0.25) is 0 Å². The van der Waals surface area contributed by atoms with Crippen LogP contribution in [0.2, 0.25) is 0 Å². The Morgan fingerprint density at radius 3 is 1.77 bits per heavy atom. The average molecular weight is 322 g/mol. The molecule has 0 aliphatic heterocycles. The fourth-order valence-electron chi connectivity index (χ4n) is 1.63. The Bertz CT molecular complexity index is 631. The molecule has 0 radical (unpaired) electrons. The van der Waals surface area contributed by atoms with E-state index in [4.69, 9.17) is 4.74 Å². The molecule has 0 aliphatic rings. The van der Waals surface area contributed by atoms with Gasteiger partial charge in [0.2, 0.25) is 0 Å². The summed E-state index contributed by atoms with van der Waals surface area (Å²) < 4.78 is 83.0. The normalized spacial score (nSPS) is 12.1. The lowest BCUT2D eigenvalue weighted by Gasteiger charge is -2.14. The van der Waals surface area contributed by atoms with Crippen molar-refractivity contribution in [3.8, 4) is 17.2 Å². The molecule has 118 valence electrons. The molecule has 2 rings (SSSR count). The zero-order valence-corrected chi connectivity index (χ0v) is 10.7. The van der Waals surface area contributed by atoms with Crippen molar-refractivity contribution in [1.82, 2.24) is 0 Å². The van der Waals surface area contributed by atoms with E-state index in [0.717, 1.165) is 36.4 Å². The van der Waals surface area contributed by atoms with Gasteiger partial charge in [-0.2, -0.15) is 13.2 Å². The van der Waals surface area contributed by atoms with E-state index in [1.807, 2.05) is 0 Å². The van der Waals surface area contributed by atoms with Crippen LogP contribution in [-0.2, 0) is 6.18 Å². The van der Waals surface area contributed by atoms with Gasteiger partial charge in [-0.1, -0.05) is 12.1 Å². The van der Waals surface area contributed by atoms with Crippen molar-refractivity contribution in [2.24, 2.45) is 0 Å². The first kappa shape index (κ1) is 16.0. The molecule has 2 aromatic rings. The third-order valence-electron chi connectivity index (χ3n) is 2.48. The summed E-state index contributed by atoms with van der Waals surface area (Å²) in [6.07, 6.45) is -9.44.